The third-order valence-corrected chi connectivity index (χ3v) is 8.64. The Hall–Kier alpha value is -5.19. The number of rotatable bonds is 4. The molecule has 0 saturated heterocycles. The standard InChI is InChI=1S/C37H23N3S/c1-3-13-24(14-4-1)33-27-18-8-10-20-29(27)34(30-21-11-9-19-28(30)33)37-39-35(25-15-5-2-6-16-25)38-36(40-37)32-23-26-17-7-12-22-31(26)41-32/h1-23H. The third-order valence-electron chi connectivity index (χ3n) is 7.53. The number of hydrogen-bond acceptors (Lipinski definition) is 4. The molecule has 0 radical (unpaired) electrons. The first-order chi connectivity index (χ1) is 20.3. The van der Waals surface area contributed by atoms with Crippen molar-refractivity contribution in [2.24, 2.45) is 0 Å². The van der Waals surface area contributed by atoms with Crippen LogP contribution >= 0.6 is 11.3 Å². The van der Waals surface area contributed by atoms with E-state index in [0.717, 1.165) is 26.8 Å². The van der Waals surface area contributed by atoms with Crippen molar-refractivity contribution in [3.63, 3.8) is 0 Å². The van der Waals surface area contributed by atoms with E-state index in [2.05, 4.69) is 121 Å². The highest BCUT2D eigenvalue weighted by molar-refractivity contribution is 7.22. The maximum Gasteiger partial charge on any atom is 0.174 e. The van der Waals surface area contributed by atoms with Crippen LogP contribution in [0.4, 0.5) is 0 Å². The van der Waals surface area contributed by atoms with Gasteiger partial charge in [-0.2, -0.15) is 0 Å². The molecular weight excluding hydrogens is 518 g/mol. The average Bonchev–Trinajstić information content (AvgIpc) is 3.49. The normalized spacial score (nSPS) is 11.4. The fourth-order valence-electron chi connectivity index (χ4n) is 5.69. The Balaban J connectivity index is 1.47. The molecule has 8 aromatic rings. The van der Waals surface area contributed by atoms with Crippen LogP contribution in [0.1, 0.15) is 0 Å². The molecule has 0 bridgehead atoms. The van der Waals surface area contributed by atoms with Gasteiger partial charge in [0.1, 0.15) is 0 Å². The van der Waals surface area contributed by atoms with Crippen LogP contribution in [0.15, 0.2) is 140 Å². The van der Waals surface area contributed by atoms with Gasteiger partial charge in [0.15, 0.2) is 17.5 Å². The molecule has 0 N–H and O–H groups in total. The number of nitrogens with zero attached hydrogens (tertiary/aromatic N) is 3. The summed E-state index contributed by atoms with van der Waals surface area (Å²) < 4.78 is 1.22. The Morgan fingerprint density at radius 3 is 1.51 bits per heavy atom. The third kappa shape index (κ3) is 4.08. The molecule has 192 valence electrons. The summed E-state index contributed by atoms with van der Waals surface area (Å²) >= 11 is 1.71. The van der Waals surface area contributed by atoms with Crippen molar-refractivity contribution in [1.29, 1.82) is 0 Å². The number of thiophene rings is 1. The van der Waals surface area contributed by atoms with Gasteiger partial charge in [0.25, 0.3) is 0 Å². The first-order valence-corrected chi connectivity index (χ1v) is 14.4. The summed E-state index contributed by atoms with van der Waals surface area (Å²) in [5.41, 5.74) is 4.41. The van der Waals surface area contributed by atoms with Crippen LogP contribution in [0.25, 0.3) is 76.2 Å². The zero-order valence-corrected chi connectivity index (χ0v) is 22.8. The lowest BCUT2D eigenvalue weighted by Gasteiger charge is -2.17. The fraction of sp³-hybridized carbons (Fsp3) is 0. The highest BCUT2D eigenvalue weighted by Crippen LogP contribution is 2.43. The molecule has 0 aliphatic carbocycles. The van der Waals surface area contributed by atoms with Crippen molar-refractivity contribution in [3.05, 3.63) is 140 Å². The average molecular weight is 542 g/mol. The summed E-state index contributed by atoms with van der Waals surface area (Å²) in [4.78, 5) is 16.4. The molecule has 8 rings (SSSR count). The van der Waals surface area contributed by atoms with Crippen molar-refractivity contribution in [2.45, 2.75) is 0 Å². The van der Waals surface area contributed by atoms with E-state index in [0.29, 0.717) is 17.5 Å². The second-order valence-corrected chi connectivity index (χ2v) is 11.1. The van der Waals surface area contributed by atoms with Gasteiger partial charge in [0.2, 0.25) is 0 Å². The number of benzene rings is 6. The Bertz CT molecular complexity index is 2110. The SMILES string of the molecule is c1ccc(-c2nc(-c3cc4ccccc4s3)nc(-c3c4ccccc4c(-c4ccccc4)c4ccccc34)n2)cc1. The molecule has 0 unspecified atom stereocenters. The predicted octanol–water partition coefficient (Wildman–Crippen LogP) is 10.1. The zero-order chi connectivity index (χ0) is 27.2. The van der Waals surface area contributed by atoms with Crippen LogP contribution in [0.5, 0.6) is 0 Å². The van der Waals surface area contributed by atoms with Crippen molar-refractivity contribution in [1.82, 2.24) is 15.0 Å². The monoisotopic (exact) mass is 541 g/mol. The van der Waals surface area contributed by atoms with E-state index in [1.165, 1.54) is 32.0 Å². The molecule has 2 heterocycles. The van der Waals surface area contributed by atoms with Crippen molar-refractivity contribution < 1.29 is 0 Å². The highest BCUT2D eigenvalue weighted by Gasteiger charge is 2.20. The molecule has 0 fully saturated rings. The van der Waals surface area contributed by atoms with Crippen LogP contribution in [-0.2, 0) is 0 Å². The van der Waals surface area contributed by atoms with E-state index in [1.807, 2.05) is 18.2 Å². The molecule has 4 heteroatoms. The maximum atomic E-state index is 5.19. The molecule has 0 atom stereocenters. The van der Waals surface area contributed by atoms with Crippen molar-refractivity contribution in [3.8, 4) is 44.6 Å². The van der Waals surface area contributed by atoms with E-state index in [9.17, 15) is 0 Å². The minimum atomic E-state index is 0.670. The van der Waals surface area contributed by atoms with Gasteiger partial charge >= 0.3 is 0 Å². The second kappa shape index (κ2) is 9.77. The molecule has 0 aliphatic rings. The van der Waals surface area contributed by atoms with Gasteiger partial charge in [0, 0.05) is 15.8 Å². The molecule has 0 aliphatic heterocycles. The van der Waals surface area contributed by atoms with E-state index in [4.69, 9.17) is 15.0 Å². The van der Waals surface area contributed by atoms with Gasteiger partial charge in [-0.05, 0) is 50.2 Å². The maximum absolute atomic E-state index is 5.19. The Labute approximate surface area is 241 Å². The molecule has 2 aromatic heterocycles. The zero-order valence-electron chi connectivity index (χ0n) is 22.0. The first-order valence-electron chi connectivity index (χ1n) is 13.6. The van der Waals surface area contributed by atoms with Gasteiger partial charge in [-0.25, -0.2) is 15.0 Å². The fourth-order valence-corrected chi connectivity index (χ4v) is 6.69. The number of hydrogen-bond donors (Lipinski definition) is 0. The molecule has 0 saturated carbocycles. The van der Waals surface area contributed by atoms with E-state index < -0.39 is 0 Å². The van der Waals surface area contributed by atoms with E-state index in [1.54, 1.807) is 11.3 Å². The lowest BCUT2D eigenvalue weighted by molar-refractivity contribution is 1.08. The lowest BCUT2D eigenvalue weighted by Crippen LogP contribution is -2.01. The molecule has 0 spiro atoms. The van der Waals surface area contributed by atoms with Gasteiger partial charge in [-0.15, -0.1) is 11.3 Å². The second-order valence-electron chi connectivity index (χ2n) is 10.0. The van der Waals surface area contributed by atoms with Crippen molar-refractivity contribution in [2.75, 3.05) is 0 Å². The summed E-state index contributed by atoms with van der Waals surface area (Å²) in [7, 11) is 0. The molecule has 41 heavy (non-hydrogen) atoms. The Morgan fingerprint density at radius 2 is 0.878 bits per heavy atom. The molecule has 0 amide bonds. The van der Waals surface area contributed by atoms with Crippen LogP contribution in [-0.4, -0.2) is 15.0 Å². The summed E-state index contributed by atoms with van der Waals surface area (Å²) in [6.07, 6.45) is 0. The Kier molecular flexibility index (Phi) is 5.64. The van der Waals surface area contributed by atoms with Crippen LogP contribution in [0.2, 0.25) is 0 Å². The van der Waals surface area contributed by atoms with Crippen LogP contribution < -0.4 is 0 Å². The smallest absolute Gasteiger partial charge is 0.174 e. The van der Waals surface area contributed by atoms with E-state index in [-0.39, 0.29) is 0 Å². The predicted molar refractivity (Wildman–Crippen MR) is 172 cm³/mol. The Morgan fingerprint density at radius 1 is 0.390 bits per heavy atom. The van der Waals surface area contributed by atoms with E-state index >= 15 is 0 Å². The highest BCUT2D eigenvalue weighted by atomic mass is 32.1. The first kappa shape index (κ1) is 23.7. The van der Waals surface area contributed by atoms with Crippen LogP contribution in [0, 0.1) is 0 Å². The van der Waals surface area contributed by atoms with Gasteiger partial charge in [0.05, 0.1) is 4.88 Å². The molecule has 3 nitrogen and oxygen atoms in total. The summed E-state index contributed by atoms with van der Waals surface area (Å²) in [5, 5.41) is 5.80. The van der Waals surface area contributed by atoms with Crippen LogP contribution in [0.3, 0.4) is 0 Å². The number of aromatic nitrogens is 3. The molecule has 6 aromatic carbocycles. The summed E-state index contributed by atoms with van der Waals surface area (Å²) in [5.74, 6) is 2.04. The van der Waals surface area contributed by atoms with Gasteiger partial charge in [-0.1, -0.05) is 127 Å². The largest absolute Gasteiger partial charge is 0.208 e. The summed E-state index contributed by atoms with van der Waals surface area (Å²) in [6.45, 7) is 0. The van der Waals surface area contributed by atoms with Crippen molar-refractivity contribution >= 4 is 43.0 Å². The quantitative estimate of drug-likeness (QED) is 0.208. The lowest BCUT2D eigenvalue weighted by atomic mass is 9.88. The summed E-state index contributed by atoms with van der Waals surface area (Å²) in [6, 6.07) is 48.6. The minimum absolute atomic E-state index is 0.670. The topological polar surface area (TPSA) is 38.7 Å². The minimum Gasteiger partial charge on any atom is -0.208 e. The van der Waals surface area contributed by atoms with Gasteiger partial charge in [-0.3, -0.25) is 0 Å². The van der Waals surface area contributed by atoms with Gasteiger partial charge < -0.3 is 0 Å². The number of fused-ring (bicyclic) bond motifs is 3. The molecular formula is C37H23N3S.